The highest BCUT2D eigenvalue weighted by atomic mass is 32.1. The Morgan fingerprint density at radius 3 is 2.44 bits per heavy atom. The molecule has 0 aliphatic carbocycles. The number of phenolic OH excluding ortho intramolecular Hbond substituents is 1. The van der Waals surface area contributed by atoms with Crippen molar-refractivity contribution in [2.24, 2.45) is 5.92 Å². The summed E-state index contributed by atoms with van der Waals surface area (Å²) in [6.07, 6.45) is 2.23. The molecule has 0 unspecified atom stereocenters. The van der Waals surface area contributed by atoms with Crippen LogP contribution in [0.5, 0.6) is 5.75 Å². The summed E-state index contributed by atoms with van der Waals surface area (Å²) >= 11 is 1.45. The molecular weight excluding hydrogens is 520 g/mol. The van der Waals surface area contributed by atoms with Crippen molar-refractivity contribution in [2.75, 3.05) is 13.7 Å². The van der Waals surface area contributed by atoms with Gasteiger partial charge in [0.25, 0.3) is 11.8 Å². The molecule has 1 aromatic carbocycles. The molecule has 0 aliphatic rings. The lowest BCUT2D eigenvalue weighted by atomic mass is 10.0. The summed E-state index contributed by atoms with van der Waals surface area (Å²) in [4.78, 5) is 44.3. The van der Waals surface area contributed by atoms with Gasteiger partial charge in [0, 0.05) is 17.1 Å². The van der Waals surface area contributed by atoms with E-state index in [1.54, 1.807) is 18.3 Å². The molecule has 11 heteroatoms. The van der Waals surface area contributed by atoms with E-state index in [1.807, 2.05) is 30.7 Å². The Morgan fingerprint density at radius 1 is 1.08 bits per heavy atom. The first kappa shape index (κ1) is 27.8. The van der Waals surface area contributed by atoms with Gasteiger partial charge in [0.2, 0.25) is 0 Å². The molecule has 4 N–H and O–H groups in total. The molecule has 0 radical (unpaired) electrons. The molecular formula is C28H30N4O6S. The molecule has 0 fully saturated rings. The van der Waals surface area contributed by atoms with Crippen LogP contribution in [0.1, 0.15) is 52.7 Å². The molecule has 4 rings (SSSR count). The van der Waals surface area contributed by atoms with Crippen molar-refractivity contribution >= 4 is 34.8 Å². The number of aromatic nitrogens is 2. The maximum atomic E-state index is 13.5. The number of amides is 2. The third-order valence-corrected chi connectivity index (χ3v) is 6.84. The molecule has 4 aromatic rings. The predicted octanol–water partition coefficient (Wildman–Crippen LogP) is 3.55. The standard InChI is InChI=1S/C28H30N4O6S/c1-16(2)13-19(14-33)29-27(36)24-22(18-10-12-39-15-18)30-25-21(5-4-11-32(24)25)26(35)31-23(28(37)38-3)17-6-8-20(34)9-7-17/h4-12,15-16,19,23,33-34H,13-14H2,1-3H3,(H,29,36)(H,31,35)/t19-,23+/m0/s1. The summed E-state index contributed by atoms with van der Waals surface area (Å²) in [6.45, 7) is 3.79. The van der Waals surface area contributed by atoms with Crippen LogP contribution in [0.15, 0.2) is 59.4 Å². The van der Waals surface area contributed by atoms with Crippen LogP contribution >= 0.6 is 11.3 Å². The predicted molar refractivity (Wildman–Crippen MR) is 147 cm³/mol. The van der Waals surface area contributed by atoms with Gasteiger partial charge in [0.05, 0.1) is 25.3 Å². The van der Waals surface area contributed by atoms with Crippen molar-refractivity contribution in [3.05, 3.63) is 76.2 Å². The van der Waals surface area contributed by atoms with E-state index in [-0.39, 0.29) is 35.2 Å². The summed E-state index contributed by atoms with van der Waals surface area (Å²) in [5.41, 5.74) is 2.10. The topological polar surface area (TPSA) is 142 Å². The van der Waals surface area contributed by atoms with Crippen LogP contribution in [0.2, 0.25) is 0 Å². The number of fused-ring (bicyclic) bond motifs is 1. The Hall–Kier alpha value is -4.22. The van der Waals surface area contributed by atoms with Crippen LogP contribution in [-0.4, -0.2) is 57.1 Å². The number of rotatable bonds is 10. The number of hydrogen-bond donors (Lipinski definition) is 4. The number of carbonyl (C=O) groups excluding carboxylic acids is 3. The first-order valence-corrected chi connectivity index (χ1v) is 13.3. The fourth-order valence-electron chi connectivity index (χ4n) is 4.34. The number of imidazole rings is 1. The van der Waals surface area contributed by atoms with Gasteiger partial charge in [0.15, 0.2) is 11.7 Å². The lowest BCUT2D eigenvalue weighted by Crippen LogP contribution is -2.39. The Morgan fingerprint density at radius 2 is 1.82 bits per heavy atom. The minimum Gasteiger partial charge on any atom is -0.508 e. The number of pyridine rings is 1. The van der Waals surface area contributed by atoms with E-state index in [0.717, 1.165) is 0 Å². The molecule has 0 saturated heterocycles. The quantitative estimate of drug-likeness (QED) is 0.221. The monoisotopic (exact) mass is 550 g/mol. The largest absolute Gasteiger partial charge is 0.508 e. The van der Waals surface area contributed by atoms with Gasteiger partial charge in [-0.3, -0.25) is 14.0 Å². The zero-order valence-corrected chi connectivity index (χ0v) is 22.6. The van der Waals surface area contributed by atoms with Crippen molar-refractivity contribution in [3.63, 3.8) is 0 Å². The molecule has 0 saturated carbocycles. The van der Waals surface area contributed by atoms with Gasteiger partial charge < -0.3 is 25.6 Å². The Bertz CT molecular complexity index is 1460. The molecule has 0 aliphatic heterocycles. The number of ether oxygens (including phenoxy) is 1. The smallest absolute Gasteiger partial charge is 0.333 e. The molecule has 39 heavy (non-hydrogen) atoms. The third-order valence-electron chi connectivity index (χ3n) is 6.15. The number of aromatic hydroxyl groups is 1. The highest BCUT2D eigenvalue weighted by molar-refractivity contribution is 7.08. The van der Waals surface area contributed by atoms with Gasteiger partial charge in [-0.2, -0.15) is 11.3 Å². The normalized spacial score (nSPS) is 12.7. The van der Waals surface area contributed by atoms with Crippen LogP contribution < -0.4 is 10.6 Å². The zero-order chi connectivity index (χ0) is 28.1. The SMILES string of the molecule is COC(=O)[C@H](NC(=O)c1cccn2c(C(=O)N[C@H](CO)CC(C)C)c(-c3ccsc3)nc12)c1ccc(O)cc1. The second kappa shape index (κ2) is 12.1. The number of aliphatic hydroxyl groups excluding tert-OH is 1. The number of thiophene rings is 1. The summed E-state index contributed by atoms with van der Waals surface area (Å²) in [6, 6.07) is 9.25. The van der Waals surface area contributed by atoms with Gasteiger partial charge in [0.1, 0.15) is 17.1 Å². The maximum absolute atomic E-state index is 13.5. The molecule has 204 valence electrons. The number of benzene rings is 1. The molecule has 0 bridgehead atoms. The lowest BCUT2D eigenvalue weighted by Gasteiger charge is -2.18. The molecule has 3 heterocycles. The van der Waals surface area contributed by atoms with E-state index < -0.39 is 29.9 Å². The Balaban J connectivity index is 1.76. The highest BCUT2D eigenvalue weighted by Gasteiger charge is 2.28. The van der Waals surface area contributed by atoms with Crippen molar-refractivity contribution in [3.8, 4) is 17.0 Å². The highest BCUT2D eigenvalue weighted by Crippen LogP contribution is 2.28. The second-order valence-electron chi connectivity index (χ2n) is 9.44. The van der Waals surface area contributed by atoms with Gasteiger partial charge in [-0.25, -0.2) is 9.78 Å². The minimum absolute atomic E-state index is 0.0134. The Labute approximate surface area is 229 Å². The van der Waals surface area contributed by atoms with Crippen LogP contribution in [0.4, 0.5) is 0 Å². The number of aliphatic hydroxyl groups is 1. The fraction of sp³-hybridized carbons (Fsp3) is 0.286. The molecule has 2 atom stereocenters. The fourth-order valence-corrected chi connectivity index (χ4v) is 4.98. The number of nitrogens with zero attached hydrogens (tertiary/aromatic N) is 2. The summed E-state index contributed by atoms with van der Waals surface area (Å²) in [5, 5.41) is 28.7. The van der Waals surface area contributed by atoms with Gasteiger partial charge in [-0.15, -0.1) is 0 Å². The van der Waals surface area contributed by atoms with Crippen molar-refractivity contribution in [1.82, 2.24) is 20.0 Å². The molecule has 10 nitrogen and oxygen atoms in total. The van der Waals surface area contributed by atoms with E-state index in [2.05, 4.69) is 15.6 Å². The first-order chi connectivity index (χ1) is 18.7. The van der Waals surface area contributed by atoms with Gasteiger partial charge in [-0.05, 0) is 53.6 Å². The molecule has 3 aromatic heterocycles. The van der Waals surface area contributed by atoms with E-state index in [4.69, 9.17) is 4.74 Å². The van der Waals surface area contributed by atoms with E-state index >= 15 is 0 Å². The summed E-state index contributed by atoms with van der Waals surface area (Å²) in [5.74, 6) is -1.46. The number of nitrogens with one attached hydrogen (secondary N) is 2. The minimum atomic E-state index is -1.14. The summed E-state index contributed by atoms with van der Waals surface area (Å²) in [7, 11) is 1.22. The van der Waals surface area contributed by atoms with Crippen molar-refractivity contribution in [2.45, 2.75) is 32.4 Å². The van der Waals surface area contributed by atoms with E-state index in [9.17, 15) is 24.6 Å². The number of hydrogen-bond acceptors (Lipinski definition) is 8. The van der Waals surface area contributed by atoms with Crippen LogP contribution in [0.3, 0.4) is 0 Å². The number of carbonyl (C=O) groups is 3. The van der Waals surface area contributed by atoms with E-state index in [1.165, 1.54) is 47.1 Å². The number of phenols is 1. The van der Waals surface area contributed by atoms with Gasteiger partial charge in [-0.1, -0.05) is 26.0 Å². The Kier molecular flexibility index (Phi) is 8.62. The van der Waals surface area contributed by atoms with E-state index in [0.29, 0.717) is 23.2 Å². The number of methoxy groups -OCH3 is 1. The molecule has 0 spiro atoms. The van der Waals surface area contributed by atoms with Gasteiger partial charge >= 0.3 is 5.97 Å². The zero-order valence-electron chi connectivity index (χ0n) is 21.7. The third kappa shape index (κ3) is 6.10. The average Bonchev–Trinajstić information content (AvgIpc) is 3.59. The average molecular weight is 551 g/mol. The van der Waals surface area contributed by atoms with Crippen LogP contribution in [0, 0.1) is 5.92 Å². The first-order valence-electron chi connectivity index (χ1n) is 12.4. The maximum Gasteiger partial charge on any atom is 0.333 e. The summed E-state index contributed by atoms with van der Waals surface area (Å²) < 4.78 is 6.43. The van der Waals surface area contributed by atoms with Crippen LogP contribution in [-0.2, 0) is 9.53 Å². The van der Waals surface area contributed by atoms with Crippen molar-refractivity contribution < 1.29 is 29.3 Å². The van der Waals surface area contributed by atoms with Crippen LogP contribution in [0.25, 0.3) is 16.9 Å². The number of esters is 1. The lowest BCUT2D eigenvalue weighted by molar-refractivity contribution is -0.143. The van der Waals surface area contributed by atoms with Crippen molar-refractivity contribution in [1.29, 1.82) is 0 Å². The second-order valence-corrected chi connectivity index (χ2v) is 10.2. The molecule has 2 amide bonds.